The van der Waals surface area contributed by atoms with Crippen molar-refractivity contribution in [1.29, 1.82) is 0 Å². The van der Waals surface area contributed by atoms with E-state index in [2.05, 4.69) is 4.99 Å². The maximum absolute atomic E-state index is 13.6. The first kappa shape index (κ1) is 23.3. The van der Waals surface area contributed by atoms with Gasteiger partial charge in [0.2, 0.25) is 0 Å². The summed E-state index contributed by atoms with van der Waals surface area (Å²) in [4.78, 5) is 31.5. The average Bonchev–Trinajstić information content (AvgIpc) is 3.10. The van der Waals surface area contributed by atoms with Crippen LogP contribution in [0.1, 0.15) is 31.0 Å². The van der Waals surface area contributed by atoms with Crippen molar-refractivity contribution in [2.75, 3.05) is 13.7 Å². The molecular formula is C24H20Cl2N2O4S. The van der Waals surface area contributed by atoms with E-state index in [9.17, 15) is 9.59 Å². The normalized spacial score (nSPS) is 15.8. The van der Waals surface area contributed by atoms with Crippen LogP contribution in [0.2, 0.25) is 10.0 Å². The van der Waals surface area contributed by atoms with Crippen molar-refractivity contribution < 1.29 is 14.3 Å². The Morgan fingerprint density at radius 1 is 1.18 bits per heavy atom. The molecule has 1 aliphatic rings. The molecule has 33 heavy (non-hydrogen) atoms. The summed E-state index contributed by atoms with van der Waals surface area (Å²) < 4.78 is 12.5. The highest BCUT2D eigenvalue weighted by atomic mass is 35.5. The van der Waals surface area contributed by atoms with Gasteiger partial charge in [0.1, 0.15) is 5.75 Å². The Labute approximate surface area is 204 Å². The SMILES string of the molecule is CCOC(=O)C1=C(C)N=c2s/c(=C/c3c(Cl)cccc3Cl)c(=O)n2[C@H]1c1ccc(OC)cc1. The molecule has 1 aliphatic heterocycles. The van der Waals surface area contributed by atoms with Crippen LogP contribution in [0.15, 0.2) is 63.5 Å². The molecule has 0 aliphatic carbocycles. The Morgan fingerprint density at radius 2 is 1.85 bits per heavy atom. The molecule has 3 aromatic rings. The fourth-order valence-electron chi connectivity index (χ4n) is 3.67. The number of fused-ring (bicyclic) bond motifs is 1. The van der Waals surface area contributed by atoms with E-state index < -0.39 is 12.0 Å². The van der Waals surface area contributed by atoms with Crippen molar-refractivity contribution in [1.82, 2.24) is 4.57 Å². The third-order valence-corrected chi connectivity index (χ3v) is 6.87. The lowest BCUT2D eigenvalue weighted by Gasteiger charge is -2.24. The molecule has 0 fully saturated rings. The van der Waals surface area contributed by atoms with Gasteiger partial charge >= 0.3 is 5.97 Å². The molecule has 9 heteroatoms. The van der Waals surface area contributed by atoms with Gasteiger partial charge in [0.05, 0.1) is 35.6 Å². The topological polar surface area (TPSA) is 69.9 Å². The van der Waals surface area contributed by atoms with E-state index in [1.165, 1.54) is 15.9 Å². The number of aromatic nitrogens is 1. The Bertz CT molecular complexity index is 1420. The molecule has 0 saturated heterocycles. The Kier molecular flexibility index (Phi) is 6.74. The predicted octanol–water partition coefficient (Wildman–Crippen LogP) is 4.11. The predicted molar refractivity (Wildman–Crippen MR) is 130 cm³/mol. The van der Waals surface area contributed by atoms with Gasteiger partial charge in [-0.1, -0.05) is 52.7 Å². The van der Waals surface area contributed by atoms with E-state index in [1.54, 1.807) is 57.4 Å². The van der Waals surface area contributed by atoms with Crippen LogP contribution in [0.3, 0.4) is 0 Å². The molecule has 0 bridgehead atoms. The van der Waals surface area contributed by atoms with Gasteiger partial charge in [-0.25, -0.2) is 9.79 Å². The Balaban J connectivity index is 1.97. The number of hydrogen-bond acceptors (Lipinski definition) is 6. The van der Waals surface area contributed by atoms with Crippen molar-refractivity contribution in [3.63, 3.8) is 0 Å². The van der Waals surface area contributed by atoms with E-state index >= 15 is 0 Å². The number of carbonyl (C=O) groups is 1. The molecule has 0 unspecified atom stereocenters. The first-order valence-corrected chi connectivity index (χ1v) is 11.7. The number of halogens is 2. The van der Waals surface area contributed by atoms with E-state index in [-0.39, 0.29) is 12.2 Å². The van der Waals surface area contributed by atoms with Crippen LogP contribution < -0.4 is 19.6 Å². The van der Waals surface area contributed by atoms with Gasteiger partial charge in [-0.05, 0) is 49.8 Å². The number of rotatable bonds is 5. The quantitative estimate of drug-likeness (QED) is 0.492. The number of ether oxygens (including phenoxy) is 2. The maximum Gasteiger partial charge on any atom is 0.338 e. The number of allylic oxidation sites excluding steroid dienone is 1. The molecule has 6 nitrogen and oxygen atoms in total. The molecule has 170 valence electrons. The van der Waals surface area contributed by atoms with Crippen molar-refractivity contribution in [3.05, 3.63) is 94.6 Å². The van der Waals surface area contributed by atoms with Crippen molar-refractivity contribution >= 4 is 46.6 Å². The van der Waals surface area contributed by atoms with E-state index in [1.807, 2.05) is 12.1 Å². The molecule has 1 aromatic heterocycles. The smallest absolute Gasteiger partial charge is 0.338 e. The van der Waals surface area contributed by atoms with E-state index in [0.29, 0.717) is 42.0 Å². The largest absolute Gasteiger partial charge is 0.497 e. The maximum atomic E-state index is 13.6. The summed E-state index contributed by atoms with van der Waals surface area (Å²) in [7, 11) is 1.58. The summed E-state index contributed by atoms with van der Waals surface area (Å²) in [6.45, 7) is 3.68. The lowest BCUT2D eigenvalue weighted by Crippen LogP contribution is -2.39. The molecule has 2 heterocycles. The van der Waals surface area contributed by atoms with Crippen LogP contribution in [0.25, 0.3) is 6.08 Å². The number of nitrogens with zero attached hydrogens (tertiary/aromatic N) is 2. The third-order valence-electron chi connectivity index (χ3n) is 5.22. The zero-order valence-corrected chi connectivity index (χ0v) is 20.4. The third kappa shape index (κ3) is 4.36. The molecule has 0 saturated carbocycles. The summed E-state index contributed by atoms with van der Waals surface area (Å²) in [5.74, 6) is 0.154. The lowest BCUT2D eigenvalue weighted by molar-refractivity contribution is -0.139. The Hall–Kier alpha value is -2.87. The van der Waals surface area contributed by atoms with Crippen molar-refractivity contribution in [3.8, 4) is 5.75 Å². The fourth-order valence-corrected chi connectivity index (χ4v) is 5.21. The van der Waals surface area contributed by atoms with E-state index in [0.717, 1.165) is 5.56 Å². The van der Waals surface area contributed by atoms with Gasteiger partial charge in [0, 0.05) is 15.6 Å². The summed E-state index contributed by atoms with van der Waals surface area (Å²) in [5, 5.41) is 0.867. The number of methoxy groups -OCH3 is 1. The zero-order valence-electron chi connectivity index (χ0n) is 18.1. The van der Waals surface area contributed by atoms with Gasteiger partial charge in [0.15, 0.2) is 4.80 Å². The van der Waals surface area contributed by atoms with Crippen LogP contribution in [0, 0.1) is 0 Å². The molecule has 1 atom stereocenters. The van der Waals surface area contributed by atoms with Gasteiger partial charge in [0.25, 0.3) is 5.56 Å². The summed E-state index contributed by atoms with van der Waals surface area (Å²) in [6, 6.07) is 11.7. The molecule has 2 aromatic carbocycles. The van der Waals surface area contributed by atoms with Crippen LogP contribution in [0.5, 0.6) is 5.75 Å². The first-order valence-electron chi connectivity index (χ1n) is 10.1. The van der Waals surface area contributed by atoms with Gasteiger partial charge in [-0.3, -0.25) is 9.36 Å². The molecular weight excluding hydrogens is 483 g/mol. The van der Waals surface area contributed by atoms with Crippen molar-refractivity contribution in [2.24, 2.45) is 4.99 Å². The summed E-state index contributed by atoms with van der Waals surface area (Å²) in [5.41, 5.74) is 1.80. The summed E-state index contributed by atoms with van der Waals surface area (Å²) in [6.07, 6.45) is 1.66. The highest BCUT2D eigenvalue weighted by Crippen LogP contribution is 2.31. The molecule has 0 N–H and O–H groups in total. The first-order chi connectivity index (χ1) is 15.8. The van der Waals surface area contributed by atoms with Crippen LogP contribution in [0.4, 0.5) is 0 Å². The molecule has 0 radical (unpaired) electrons. The second-order valence-electron chi connectivity index (χ2n) is 7.21. The van der Waals surface area contributed by atoms with Crippen molar-refractivity contribution in [2.45, 2.75) is 19.9 Å². The highest BCUT2D eigenvalue weighted by Gasteiger charge is 2.33. The number of esters is 1. The lowest BCUT2D eigenvalue weighted by atomic mass is 9.96. The number of thiazole rings is 1. The highest BCUT2D eigenvalue weighted by molar-refractivity contribution is 7.07. The van der Waals surface area contributed by atoms with Crippen LogP contribution in [-0.4, -0.2) is 24.3 Å². The number of hydrogen-bond donors (Lipinski definition) is 0. The zero-order chi connectivity index (χ0) is 23.7. The Morgan fingerprint density at radius 3 is 2.45 bits per heavy atom. The second-order valence-corrected chi connectivity index (χ2v) is 9.03. The number of carbonyl (C=O) groups excluding carboxylic acids is 1. The van der Waals surface area contributed by atoms with E-state index in [4.69, 9.17) is 32.7 Å². The number of benzene rings is 2. The standard InChI is InChI=1S/C24H20Cl2N2O4S/c1-4-32-23(30)20-13(2)27-24-28(21(20)14-8-10-15(31-3)11-9-14)22(29)19(33-24)12-16-17(25)6-5-7-18(16)26/h5-12,21H,4H2,1-3H3/b19-12+/t21-/m0/s1. The molecule has 0 amide bonds. The van der Waals surface area contributed by atoms with Gasteiger partial charge < -0.3 is 9.47 Å². The monoisotopic (exact) mass is 502 g/mol. The minimum atomic E-state index is -0.699. The summed E-state index contributed by atoms with van der Waals surface area (Å²) >= 11 is 13.8. The minimum Gasteiger partial charge on any atom is -0.497 e. The van der Waals surface area contributed by atoms with Gasteiger partial charge in [-0.2, -0.15) is 0 Å². The molecule has 0 spiro atoms. The minimum absolute atomic E-state index is 0.209. The van der Waals surface area contributed by atoms with Crippen LogP contribution >= 0.6 is 34.5 Å². The second kappa shape index (κ2) is 9.55. The van der Waals surface area contributed by atoms with Gasteiger partial charge in [-0.15, -0.1) is 0 Å². The fraction of sp³-hybridized carbons (Fsp3) is 0.208. The average molecular weight is 503 g/mol. The molecule has 4 rings (SSSR count). The van der Waals surface area contributed by atoms with Crippen LogP contribution in [-0.2, 0) is 9.53 Å².